The van der Waals surface area contributed by atoms with Gasteiger partial charge in [0.25, 0.3) is 0 Å². The van der Waals surface area contributed by atoms with Crippen molar-refractivity contribution in [3.8, 4) is 11.5 Å². The Morgan fingerprint density at radius 2 is 1.95 bits per heavy atom. The molecule has 5 nitrogen and oxygen atoms in total. The molecule has 0 saturated heterocycles. The second-order valence-electron chi connectivity index (χ2n) is 4.22. The lowest BCUT2D eigenvalue weighted by Gasteiger charge is -2.10. The van der Waals surface area contributed by atoms with E-state index in [0.29, 0.717) is 0 Å². The number of hydrogen-bond donors (Lipinski definition) is 0. The van der Waals surface area contributed by atoms with Crippen molar-refractivity contribution in [2.45, 2.75) is 13.3 Å². The zero-order valence-electron chi connectivity index (χ0n) is 11.2. The van der Waals surface area contributed by atoms with Gasteiger partial charge in [-0.2, -0.15) is 0 Å². The Morgan fingerprint density at radius 1 is 1.24 bits per heavy atom. The van der Waals surface area contributed by atoms with Crippen LogP contribution in [0.25, 0.3) is 0 Å². The van der Waals surface area contributed by atoms with E-state index in [0.717, 1.165) is 12.1 Å². The molecule has 0 spiro atoms. The largest absolute Gasteiger partial charge is 0.446 e. The molecular formula is C15H12FNO4. The zero-order valence-corrected chi connectivity index (χ0v) is 11.2. The summed E-state index contributed by atoms with van der Waals surface area (Å²) in [4.78, 5) is 22.0. The summed E-state index contributed by atoms with van der Waals surface area (Å²) in [5.74, 6) is -1.45. The summed E-state index contributed by atoms with van der Waals surface area (Å²) in [5.41, 5.74) is -0.230. The van der Waals surface area contributed by atoms with Crippen molar-refractivity contribution < 1.29 is 18.8 Å². The average molecular weight is 289 g/mol. The van der Waals surface area contributed by atoms with Crippen molar-refractivity contribution in [2.75, 3.05) is 0 Å². The molecule has 0 bridgehead atoms. The summed E-state index contributed by atoms with van der Waals surface area (Å²) >= 11 is 0. The molecule has 2 aromatic carbocycles. The number of benzene rings is 2. The number of halogens is 1. The summed E-state index contributed by atoms with van der Waals surface area (Å²) in [6, 6.07) is 9.69. The van der Waals surface area contributed by atoms with Crippen LogP contribution in [0, 0.1) is 15.9 Å². The molecule has 0 aromatic heterocycles. The van der Waals surface area contributed by atoms with Gasteiger partial charge in [0.15, 0.2) is 11.6 Å². The van der Waals surface area contributed by atoms with Crippen LogP contribution < -0.4 is 4.74 Å². The maximum atomic E-state index is 13.8. The molecule has 108 valence electrons. The third-order valence-corrected chi connectivity index (χ3v) is 2.86. The van der Waals surface area contributed by atoms with Crippen LogP contribution in [-0.4, -0.2) is 10.7 Å². The quantitative estimate of drug-likeness (QED) is 0.471. The number of nitro groups is 1. The van der Waals surface area contributed by atoms with Gasteiger partial charge in [-0.1, -0.05) is 25.1 Å². The first-order valence-corrected chi connectivity index (χ1v) is 6.27. The number of Topliss-reactive ketones (excluding diaryl/α,β-unsaturated/α-hetero) is 1. The molecule has 6 heteroatoms. The lowest BCUT2D eigenvalue weighted by atomic mass is 10.1. The van der Waals surface area contributed by atoms with Crippen LogP contribution in [0.4, 0.5) is 10.1 Å². The number of rotatable bonds is 5. The third-order valence-electron chi connectivity index (χ3n) is 2.86. The van der Waals surface area contributed by atoms with Crippen molar-refractivity contribution in [1.29, 1.82) is 0 Å². The first-order valence-electron chi connectivity index (χ1n) is 6.27. The first kappa shape index (κ1) is 14.6. The Kier molecular flexibility index (Phi) is 4.27. The molecule has 0 N–H and O–H groups in total. The highest BCUT2D eigenvalue weighted by molar-refractivity contribution is 5.98. The number of carbonyl (C=O) groups is 1. The van der Waals surface area contributed by atoms with Gasteiger partial charge in [-0.15, -0.1) is 0 Å². The number of para-hydroxylation sites is 2. The highest BCUT2D eigenvalue weighted by Gasteiger charge is 2.22. The van der Waals surface area contributed by atoms with Crippen LogP contribution in [0.1, 0.15) is 23.7 Å². The van der Waals surface area contributed by atoms with Crippen molar-refractivity contribution >= 4 is 11.5 Å². The van der Waals surface area contributed by atoms with Gasteiger partial charge in [-0.25, -0.2) is 4.39 Å². The summed E-state index contributed by atoms with van der Waals surface area (Å²) in [5, 5.41) is 10.9. The van der Waals surface area contributed by atoms with Crippen LogP contribution in [0.3, 0.4) is 0 Å². The summed E-state index contributed by atoms with van der Waals surface area (Å²) in [7, 11) is 0. The van der Waals surface area contributed by atoms with Crippen LogP contribution in [-0.2, 0) is 0 Å². The van der Waals surface area contributed by atoms with Crippen LogP contribution >= 0.6 is 0 Å². The van der Waals surface area contributed by atoms with Gasteiger partial charge in [-0.3, -0.25) is 14.9 Å². The molecule has 2 rings (SSSR count). The van der Waals surface area contributed by atoms with E-state index in [1.807, 2.05) is 0 Å². The Balaban J connectivity index is 2.49. The minimum Gasteiger partial charge on any atom is -0.446 e. The fraction of sp³-hybridized carbons (Fsp3) is 0.133. The monoisotopic (exact) mass is 289 g/mol. The van der Waals surface area contributed by atoms with Gasteiger partial charge in [0, 0.05) is 12.5 Å². The Morgan fingerprint density at radius 3 is 2.62 bits per heavy atom. The molecule has 0 heterocycles. The first-order chi connectivity index (χ1) is 10.0. The summed E-state index contributed by atoms with van der Waals surface area (Å²) in [6.45, 7) is 1.69. The standard InChI is InChI=1S/C15H12FNO4/c1-2-13(18)10-6-3-4-9-14(10)21-15-11(16)7-5-8-12(15)17(19)20/h3-9H,2H2,1H3. The van der Waals surface area contributed by atoms with Crippen molar-refractivity contribution in [3.05, 3.63) is 64.0 Å². The molecular weight excluding hydrogens is 277 g/mol. The van der Waals surface area contributed by atoms with Crippen LogP contribution in [0.5, 0.6) is 11.5 Å². The maximum absolute atomic E-state index is 13.8. The van der Waals surface area contributed by atoms with Crippen molar-refractivity contribution in [3.63, 3.8) is 0 Å². The molecule has 0 radical (unpaired) electrons. The Bertz CT molecular complexity index is 700. The van der Waals surface area contributed by atoms with E-state index in [9.17, 15) is 19.3 Å². The fourth-order valence-electron chi connectivity index (χ4n) is 1.83. The van der Waals surface area contributed by atoms with E-state index >= 15 is 0 Å². The summed E-state index contributed by atoms with van der Waals surface area (Å²) in [6.07, 6.45) is 0.250. The SMILES string of the molecule is CCC(=O)c1ccccc1Oc1c(F)cccc1[N+](=O)[O-]. The van der Waals surface area contributed by atoms with Gasteiger partial charge in [0.05, 0.1) is 10.5 Å². The van der Waals surface area contributed by atoms with E-state index in [4.69, 9.17) is 4.74 Å². The Hall–Kier alpha value is -2.76. The number of carbonyl (C=O) groups excluding carboxylic acids is 1. The number of nitrogens with zero attached hydrogens (tertiary/aromatic N) is 1. The molecule has 0 saturated carbocycles. The highest BCUT2D eigenvalue weighted by atomic mass is 19.1. The predicted molar refractivity (Wildman–Crippen MR) is 74.2 cm³/mol. The lowest BCUT2D eigenvalue weighted by Crippen LogP contribution is -2.02. The predicted octanol–water partition coefficient (Wildman–Crippen LogP) is 4.12. The molecule has 0 fully saturated rings. The molecule has 0 atom stereocenters. The third kappa shape index (κ3) is 3.05. The van der Waals surface area contributed by atoms with E-state index in [1.165, 1.54) is 18.2 Å². The molecule has 0 aliphatic carbocycles. The van der Waals surface area contributed by atoms with Gasteiger partial charge in [0.1, 0.15) is 5.75 Å². The van der Waals surface area contributed by atoms with Crippen molar-refractivity contribution in [2.24, 2.45) is 0 Å². The zero-order chi connectivity index (χ0) is 15.4. The second kappa shape index (κ2) is 6.13. The van der Waals surface area contributed by atoms with Gasteiger partial charge in [-0.05, 0) is 18.2 Å². The molecule has 0 amide bonds. The maximum Gasteiger partial charge on any atom is 0.314 e. The smallest absolute Gasteiger partial charge is 0.314 e. The fourth-order valence-corrected chi connectivity index (χ4v) is 1.83. The van der Waals surface area contributed by atoms with E-state index in [1.54, 1.807) is 19.1 Å². The minimum absolute atomic E-state index is 0.0950. The molecule has 0 aliphatic heterocycles. The molecule has 21 heavy (non-hydrogen) atoms. The van der Waals surface area contributed by atoms with E-state index in [-0.39, 0.29) is 23.5 Å². The second-order valence-corrected chi connectivity index (χ2v) is 4.22. The average Bonchev–Trinajstić information content (AvgIpc) is 2.48. The van der Waals surface area contributed by atoms with E-state index in [2.05, 4.69) is 0 Å². The topological polar surface area (TPSA) is 69.4 Å². The lowest BCUT2D eigenvalue weighted by molar-refractivity contribution is -0.385. The van der Waals surface area contributed by atoms with Gasteiger partial charge in [0.2, 0.25) is 5.75 Å². The normalized spacial score (nSPS) is 10.2. The van der Waals surface area contributed by atoms with E-state index < -0.39 is 22.2 Å². The van der Waals surface area contributed by atoms with Gasteiger partial charge < -0.3 is 4.74 Å². The summed E-state index contributed by atoms with van der Waals surface area (Å²) < 4.78 is 19.1. The number of nitro benzene ring substituents is 1. The van der Waals surface area contributed by atoms with Crippen molar-refractivity contribution in [1.82, 2.24) is 0 Å². The van der Waals surface area contributed by atoms with Gasteiger partial charge >= 0.3 is 5.69 Å². The highest BCUT2D eigenvalue weighted by Crippen LogP contribution is 2.35. The molecule has 2 aromatic rings. The molecule has 0 unspecified atom stereocenters. The molecule has 0 aliphatic rings. The van der Waals surface area contributed by atoms with Crippen LogP contribution in [0.2, 0.25) is 0 Å². The number of ether oxygens (including phenoxy) is 1. The Labute approximate surface area is 120 Å². The number of ketones is 1. The minimum atomic E-state index is -0.858. The van der Waals surface area contributed by atoms with Crippen LogP contribution in [0.15, 0.2) is 42.5 Å². The number of hydrogen-bond acceptors (Lipinski definition) is 4.